The number of methoxy groups -OCH3 is 3. The summed E-state index contributed by atoms with van der Waals surface area (Å²) in [6.45, 7) is 1.18. The summed E-state index contributed by atoms with van der Waals surface area (Å²) >= 11 is 0. The summed E-state index contributed by atoms with van der Waals surface area (Å²) < 4.78 is 15.3. The summed E-state index contributed by atoms with van der Waals surface area (Å²) in [5.41, 5.74) is 0.913. The SMILES string of the molecule is COCC(CCO)NCc1cc(OC)c(O)c(OC)c1. The van der Waals surface area contributed by atoms with Gasteiger partial charge in [-0.2, -0.15) is 0 Å². The first kappa shape index (κ1) is 16.6. The quantitative estimate of drug-likeness (QED) is 0.625. The molecule has 0 spiro atoms. The highest BCUT2D eigenvalue weighted by Gasteiger charge is 2.12. The third kappa shape index (κ3) is 4.56. The van der Waals surface area contributed by atoms with Crippen LogP contribution in [0.15, 0.2) is 12.1 Å². The highest BCUT2D eigenvalue weighted by Crippen LogP contribution is 2.37. The molecule has 1 rings (SSSR count). The molecule has 3 N–H and O–H groups in total. The van der Waals surface area contributed by atoms with Crippen LogP contribution in [-0.4, -0.2) is 50.8 Å². The number of phenolic OH excluding ortho intramolecular Hbond substituents is 1. The molecule has 0 saturated heterocycles. The lowest BCUT2D eigenvalue weighted by Gasteiger charge is -2.18. The molecule has 0 heterocycles. The van der Waals surface area contributed by atoms with Gasteiger partial charge in [0.05, 0.1) is 20.8 Å². The Morgan fingerprint density at radius 2 is 1.75 bits per heavy atom. The molecule has 0 aliphatic heterocycles. The van der Waals surface area contributed by atoms with Crippen molar-refractivity contribution in [2.75, 3.05) is 34.5 Å². The van der Waals surface area contributed by atoms with E-state index in [1.165, 1.54) is 14.2 Å². The molecule has 1 aromatic carbocycles. The predicted octanol–water partition coefficient (Wildman–Crippen LogP) is 0.896. The molecule has 0 bridgehead atoms. The van der Waals surface area contributed by atoms with Gasteiger partial charge < -0.3 is 29.7 Å². The van der Waals surface area contributed by atoms with Crippen LogP contribution in [-0.2, 0) is 11.3 Å². The van der Waals surface area contributed by atoms with E-state index in [4.69, 9.17) is 19.3 Å². The first-order chi connectivity index (χ1) is 9.65. The Balaban J connectivity index is 2.76. The van der Waals surface area contributed by atoms with Crippen LogP contribution < -0.4 is 14.8 Å². The lowest BCUT2D eigenvalue weighted by Crippen LogP contribution is -2.33. The van der Waals surface area contributed by atoms with Crippen molar-refractivity contribution < 1.29 is 24.4 Å². The number of aromatic hydroxyl groups is 1. The molecule has 0 saturated carbocycles. The molecule has 114 valence electrons. The summed E-state index contributed by atoms with van der Waals surface area (Å²) in [4.78, 5) is 0. The van der Waals surface area contributed by atoms with E-state index in [2.05, 4.69) is 5.32 Å². The Kier molecular flexibility index (Phi) is 7.14. The molecule has 1 aromatic rings. The van der Waals surface area contributed by atoms with Crippen molar-refractivity contribution >= 4 is 0 Å². The van der Waals surface area contributed by atoms with Gasteiger partial charge in [-0.25, -0.2) is 0 Å². The van der Waals surface area contributed by atoms with Gasteiger partial charge in [-0.15, -0.1) is 0 Å². The van der Waals surface area contributed by atoms with Crippen LogP contribution in [0.25, 0.3) is 0 Å². The summed E-state index contributed by atoms with van der Waals surface area (Å²) in [6.07, 6.45) is 0.611. The van der Waals surface area contributed by atoms with Gasteiger partial charge in [0, 0.05) is 26.3 Å². The molecule has 20 heavy (non-hydrogen) atoms. The number of aliphatic hydroxyl groups excluding tert-OH is 1. The number of benzene rings is 1. The first-order valence-corrected chi connectivity index (χ1v) is 6.43. The van der Waals surface area contributed by atoms with E-state index in [-0.39, 0.29) is 18.4 Å². The average Bonchev–Trinajstić information content (AvgIpc) is 2.46. The summed E-state index contributed by atoms with van der Waals surface area (Å²) in [5, 5.41) is 22.1. The van der Waals surface area contributed by atoms with Crippen molar-refractivity contribution in [3.63, 3.8) is 0 Å². The van der Waals surface area contributed by atoms with E-state index in [9.17, 15) is 5.11 Å². The Morgan fingerprint density at radius 3 is 2.20 bits per heavy atom. The van der Waals surface area contributed by atoms with Gasteiger partial charge in [-0.1, -0.05) is 0 Å². The summed E-state index contributed by atoms with van der Waals surface area (Å²) in [5.74, 6) is 0.723. The van der Waals surface area contributed by atoms with Gasteiger partial charge in [-0.05, 0) is 24.1 Å². The van der Waals surface area contributed by atoms with Crippen molar-refractivity contribution in [3.05, 3.63) is 17.7 Å². The van der Waals surface area contributed by atoms with Crippen LogP contribution in [0, 0.1) is 0 Å². The number of hydrogen-bond acceptors (Lipinski definition) is 6. The fourth-order valence-electron chi connectivity index (χ4n) is 1.91. The zero-order valence-electron chi connectivity index (χ0n) is 12.2. The van der Waals surface area contributed by atoms with E-state index >= 15 is 0 Å². The second-order valence-electron chi connectivity index (χ2n) is 4.39. The summed E-state index contributed by atoms with van der Waals surface area (Å²) in [6, 6.07) is 3.55. The first-order valence-electron chi connectivity index (χ1n) is 6.43. The van der Waals surface area contributed by atoms with Crippen LogP contribution in [0.5, 0.6) is 17.2 Å². The molecule has 1 unspecified atom stereocenters. The number of phenols is 1. The second-order valence-corrected chi connectivity index (χ2v) is 4.39. The smallest absolute Gasteiger partial charge is 0.200 e. The average molecular weight is 285 g/mol. The van der Waals surface area contributed by atoms with E-state index < -0.39 is 0 Å². The fraction of sp³-hybridized carbons (Fsp3) is 0.571. The maximum atomic E-state index is 9.84. The molecule has 6 heteroatoms. The standard InChI is InChI=1S/C14H23NO5/c1-18-9-11(4-5-16)15-8-10-6-12(19-2)14(17)13(7-10)20-3/h6-7,11,15-17H,4-5,8-9H2,1-3H3. The van der Waals surface area contributed by atoms with E-state index in [0.29, 0.717) is 31.1 Å². The summed E-state index contributed by atoms with van der Waals surface area (Å²) in [7, 11) is 4.61. The lowest BCUT2D eigenvalue weighted by molar-refractivity contribution is 0.148. The van der Waals surface area contributed by atoms with Crippen LogP contribution in [0.4, 0.5) is 0 Å². The van der Waals surface area contributed by atoms with Crippen molar-refractivity contribution in [2.45, 2.75) is 19.0 Å². The molecule has 6 nitrogen and oxygen atoms in total. The Labute approximate surface area is 119 Å². The molecule has 0 aliphatic rings. The zero-order chi connectivity index (χ0) is 15.0. The Morgan fingerprint density at radius 1 is 1.15 bits per heavy atom. The van der Waals surface area contributed by atoms with Crippen molar-refractivity contribution in [1.82, 2.24) is 5.32 Å². The predicted molar refractivity (Wildman–Crippen MR) is 75.4 cm³/mol. The number of aliphatic hydroxyl groups is 1. The molecule has 1 atom stereocenters. The molecular formula is C14H23NO5. The molecular weight excluding hydrogens is 262 g/mol. The van der Waals surface area contributed by atoms with E-state index in [1.807, 2.05) is 0 Å². The van der Waals surface area contributed by atoms with Gasteiger partial charge in [0.1, 0.15) is 0 Å². The lowest BCUT2D eigenvalue weighted by atomic mass is 10.1. The minimum atomic E-state index is -0.0115. The Bertz CT molecular complexity index is 380. The van der Waals surface area contributed by atoms with Gasteiger partial charge in [0.15, 0.2) is 11.5 Å². The molecule has 0 aliphatic carbocycles. The molecule has 0 amide bonds. The maximum Gasteiger partial charge on any atom is 0.200 e. The van der Waals surface area contributed by atoms with E-state index in [0.717, 1.165) is 5.56 Å². The van der Waals surface area contributed by atoms with Crippen LogP contribution in [0.3, 0.4) is 0 Å². The third-order valence-electron chi connectivity index (χ3n) is 2.98. The second kappa shape index (κ2) is 8.63. The highest BCUT2D eigenvalue weighted by molar-refractivity contribution is 5.52. The van der Waals surface area contributed by atoms with Crippen LogP contribution >= 0.6 is 0 Å². The minimum absolute atomic E-state index is 0.0115. The van der Waals surface area contributed by atoms with Crippen LogP contribution in [0.1, 0.15) is 12.0 Å². The van der Waals surface area contributed by atoms with Crippen LogP contribution in [0.2, 0.25) is 0 Å². The number of nitrogens with one attached hydrogen (secondary N) is 1. The van der Waals surface area contributed by atoms with Gasteiger partial charge in [0.2, 0.25) is 5.75 Å². The zero-order valence-corrected chi connectivity index (χ0v) is 12.2. The number of hydrogen-bond donors (Lipinski definition) is 3. The minimum Gasteiger partial charge on any atom is -0.502 e. The van der Waals surface area contributed by atoms with E-state index in [1.54, 1.807) is 19.2 Å². The normalized spacial score (nSPS) is 12.2. The molecule has 0 radical (unpaired) electrons. The monoisotopic (exact) mass is 285 g/mol. The van der Waals surface area contributed by atoms with Crippen molar-refractivity contribution in [1.29, 1.82) is 0 Å². The third-order valence-corrected chi connectivity index (χ3v) is 2.98. The highest BCUT2D eigenvalue weighted by atomic mass is 16.5. The van der Waals surface area contributed by atoms with Crippen molar-refractivity contribution in [2.24, 2.45) is 0 Å². The number of ether oxygens (including phenoxy) is 3. The fourth-order valence-corrected chi connectivity index (χ4v) is 1.91. The molecule has 0 fully saturated rings. The van der Waals surface area contributed by atoms with Gasteiger partial charge >= 0.3 is 0 Å². The largest absolute Gasteiger partial charge is 0.502 e. The van der Waals surface area contributed by atoms with Crippen molar-refractivity contribution in [3.8, 4) is 17.2 Å². The number of rotatable bonds is 9. The molecule has 0 aromatic heterocycles. The topological polar surface area (TPSA) is 80.2 Å². The maximum absolute atomic E-state index is 9.84. The van der Waals surface area contributed by atoms with Gasteiger partial charge in [-0.3, -0.25) is 0 Å². The van der Waals surface area contributed by atoms with Gasteiger partial charge in [0.25, 0.3) is 0 Å². The Hall–Kier alpha value is -1.50.